The van der Waals surface area contributed by atoms with Gasteiger partial charge in [-0.05, 0) is 31.2 Å². The van der Waals surface area contributed by atoms with E-state index in [0.29, 0.717) is 0 Å². The summed E-state index contributed by atoms with van der Waals surface area (Å²) < 4.78 is 30.5. The number of carbonyl (C=O) groups excluding carboxylic acids is 2. The maximum absolute atomic E-state index is 12.9. The number of hydrogen-bond acceptors (Lipinski definition) is 6. The van der Waals surface area contributed by atoms with E-state index in [2.05, 4.69) is 4.98 Å². The number of rotatable bonds is 3. The molecule has 3 aromatic rings. The van der Waals surface area contributed by atoms with Crippen molar-refractivity contribution < 1.29 is 22.2 Å². The predicted molar refractivity (Wildman–Crippen MR) is 96.5 cm³/mol. The van der Waals surface area contributed by atoms with Gasteiger partial charge in [-0.2, -0.15) is 8.42 Å². The third-order valence-electron chi connectivity index (χ3n) is 4.32. The second-order valence-electron chi connectivity index (χ2n) is 6.11. The Hall–Kier alpha value is -3.32. The van der Waals surface area contributed by atoms with Crippen molar-refractivity contribution in [2.75, 3.05) is 0 Å². The van der Waals surface area contributed by atoms with Crippen molar-refractivity contribution in [3.8, 4) is 5.75 Å². The molecule has 27 heavy (non-hydrogen) atoms. The Labute approximate surface area is 155 Å². The van der Waals surface area contributed by atoms with Crippen molar-refractivity contribution in [2.24, 2.45) is 0 Å². The van der Waals surface area contributed by atoms with Gasteiger partial charge in [-0.1, -0.05) is 29.8 Å². The fourth-order valence-corrected chi connectivity index (χ4v) is 3.89. The summed E-state index contributed by atoms with van der Waals surface area (Å²) in [6.07, 6.45) is 2.73. The van der Waals surface area contributed by atoms with E-state index in [9.17, 15) is 18.0 Å². The molecule has 4 rings (SSSR count). The van der Waals surface area contributed by atoms with Gasteiger partial charge in [0.2, 0.25) is 0 Å². The molecule has 0 atom stereocenters. The number of pyridine rings is 1. The van der Waals surface area contributed by atoms with Crippen molar-refractivity contribution in [3.63, 3.8) is 0 Å². The van der Waals surface area contributed by atoms with Gasteiger partial charge >= 0.3 is 10.1 Å². The Morgan fingerprint density at radius 3 is 2.33 bits per heavy atom. The Bertz CT molecular complexity index is 1200. The van der Waals surface area contributed by atoms with Crippen molar-refractivity contribution in [3.05, 3.63) is 88.7 Å². The molecular formula is C20H13NO5S. The summed E-state index contributed by atoms with van der Waals surface area (Å²) in [5.74, 6) is -1.04. The smallest absolute Gasteiger partial charge is 0.339 e. The maximum atomic E-state index is 12.9. The summed E-state index contributed by atoms with van der Waals surface area (Å²) in [5.41, 5.74) is 1.30. The molecule has 0 saturated carbocycles. The highest BCUT2D eigenvalue weighted by atomic mass is 32.2. The van der Waals surface area contributed by atoms with E-state index < -0.39 is 21.7 Å². The van der Waals surface area contributed by atoms with Crippen LogP contribution in [-0.2, 0) is 10.1 Å². The molecule has 2 aromatic carbocycles. The summed E-state index contributed by atoms with van der Waals surface area (Å²) in [7, 11) is -4.16. The van der Waals surface area contributed by atoms with Gasteiger partial charge in [0.05, 0.1) is 11.1 Å². The third-order valence-corrected chi connectivity index (χ3v) is 5.57. The van der Waals surface area contributed by atoms with E-state index in [-0.39, 0.29) is 32.9 Å². The first-order valence-corrected chi connectivity index (χ1v) is 9.47. The molecule has 0 fully saturated rings. The second-order valence-corrected chi connectivity index (χ2v) is 7.66. The number of aromatic nitrogens is 1. The number of aryl methyl sites for hydroxylation is 1. The number of carbonyl (C=O) groups is 2. The zero-order valence-corrected chi connectivity index (χ0v) is 15.0. The zero-order chi connectivity index (χ0) is 19.2. The van der Waals surface area contributed by atoms with Gasteiger partial charge in [0.1, 0.15) is 4.90 Å². The van der Waals surface area contributed by atoms with Crippen molar-refractivity contribution >= 4 is 21.7 Å². The number of nitrogens with zero attached hydrogens (tertiary/aromatic N) is 1. The Morgan fingerprint density at radius 1 is 0.852 bits per heavy atom. The van der Waals surface area contributed by atoms with Crippen LogP contribution in [0.25, 0.3) is 0 Å². The van der Waals surface area contributed by atoms with Crippen LogP contribution in [0.5, 0.6) is 5.75 Å². The lowest BCUT2D eigenvalue weighted by Crippen LogP contribution is -2.23. The average molecular weight is 379 g/mol. The summed E-state index contributed by atoms with van der Waals surface area (Å²) in [6.45, 7) is 1.83. The molecular weight excluding hydrogens is 366 g/mol. The van der Waals surface area contributed by atoms with Crippen molar-refractivity contribution in [2.45, 2.75) is 11.8 Å². The van der Waals surface area contributed by atoms with Crippen LogP contribution in [0.3, 0.4) is 0 Å². The summed E-state index contributed by atoms with van der Waals surface area (Å²) in [6, 6.07) is 11.9. The van der Waals surface area contributed by atoms with Gasteiger partial charge in [0.25, 0.3) is 0 Å². The largest absolute Gasteiger partial charge is 0.378 e. The normalized spacial score (nSPS) is 13.1. The van der Waals surface area contributed by atoms with Gasteiger partial charge < -0.3 is 4.18 Å². The number of hydrogen-bond donors (Lipinski definition) is 0. The minimum Gasteiger partial charge on any atom is -0.378 e. The summed E-state index contributed by atoms with van der Waals surface area (Å²) >= 11 is 0. The fraction of sp³-hybridized carbons (Fsp3) is 0.0500. The second kappa shape index (κ2) is 6.14. The van der Waals surface area contributed by atoms with E-state index in [1.807, 2.05) is 6.92 Å². The van der Waals surface area contributed by atoms with Gasteiger partial charge in [-0.25, -0.2) is 0 Å². The SMILES string of the molecule is Cc1ccc(S(=O)(=O)Oc2cccc3c2C(=O)c2ccncc2C3=O)cc1. The molecule has 0 bridgehead atoms. The van der Waals surface area contributed by atoms with Crippen LogP contribution in [0.4, 0.5) is 0 Å². The molecule has 1 aromatic heterocycles. The van der Waals surface area contributed by atoms with E-state index in [1.54, 1.807) is 12.1 Å². The quantitative estimate of drug-likeness (QED) is 0.509. The van der Waals surface area contributed by atoms with Crippen LogP contribution >= 0.6 is 0 Å². The number of benzene rings is 2. The third kappa shape index (κ3) is 2.82. The molecule has 6 nitrogen and oxygen atoms in total. The minimum absolute atomic E-state index is 0.0371. The number of ketones is 2. The molecule has 1 heterocycles. The molecule has 1 aliphatic carbocycles. The van der Waals surface area contributed by atoms with Crippen molar-refractivity contribution in [1.82, 2.24) is 4.98 Å². The minimum atomic E-state index is -4.16. The average Bonchev–Trinajstić information content (AvgIpc) is 2.66. The highest BCUT2D eigenvalue weighted by molar-refractivity contribution is 7.87. The predicted octanol–water partition coefficient (Wildman–Crippen LogP) is 2.93. The Morgan fingerprint density at radius 2 is 1.59 bits per heavy atom. The lowest BCUT2D eigenvalue weighted by atomic mass is 9.85. The lowest BCUT2D eigenvalue weighted by molar-refractivity contribution is 0.0977. The Kier molecular flexibility index (Phi) is 3.89. The van der Waals surface area contributed by atoms with Crippen LogP contribution in [0.15, 0.2) is 65.8 Å². The molecule has 0 saturated heterocycles. The first-order chi connectivity index (χ1) is 12.9. The molecule has 0 spiro atoms. The molecule has 134 valence electrons. The molecule has 0 amide bonds. The molecule has 0 radical (unpaired) electrons. The molecule has 1 aliphatic rings. The van der Waals surface area contributed by atoms with E-state index in [4.69, 9.17) is 4.18 Å². The molecule has 0 unspecified atom stereocenters. The monoisotopic (exact) mass is 379 g/mol. The van der Waals surface area contributed by atoms with Crippen LogP contribution in [0, 0.1) is 6.92 Å². The van der Waals surface area contributed by atoms with Crippen LogP contribution < -0.4 is 4.18 Å². The van der Waals surface area contributed by atoms with Crippen molar-refractivity contribution in [1.29, 1.82) is 0 Å². The highest BCUT2D eigenvalue weighted by Gasteiger charge is 2.33. The Balaban J connectivity index is 1.82. The van der Waals surface area contributed by atoms with Gasteiger partial charge in [0.15, 0.2) is 17.3 Å². The van der Waals surface area contributed by atoms with E-state index in [0.717, 1.165) is 5.56 Å². The highest BCUT2D eigenvalue weighted by Crippen LogP contribution is 2.34. The number of fused-ring (bicyclic) bond motifs is 2. The zero-order valence-electron chi connectivity index (χ0n) is 14.2. The fourth-order valence-electron chi connectivity index (χ4n) is 2.95. The lowest BCUT2D eigenvalue weighted by Gasteiger charge is -2.19. The maximum Gasteiger partial charge on any atom is 0.339 e. The standard InChI is InChI=1S/C20H13NO5S/c1-12-5-7-13(8-6-12)27(24,25)26-17-4-2-3-15-18(17)20(23)14-9-10-21-11-16(14)19(15)22/h2-11H,1H3. The molecule has 0 N–H and O–H groups in total. The summed E-state index contributed by atoms with van der Waals surface area (Å²) in [4.78, 5) is 29.4. The van der Waals surface area contributed by atoms with Gasteiger partial charge in [-0.3, -0.25) is 14.6 Å². The van der Waals surface area contributed by atoms with Crippen LogP contribution in [-0.4, -0.2) is 25.0 Å². The van der Waals surface area contributed by atoms with Gasteiger partial charge in [0, 0.05) is 23.5 Å². The van der Waals surface area contributed by atoms with E-state index >= 15 is 0 Å². The molecule has 7 heteroatoms. The summed E-state index contributed by atoms with van der Waals surface area (Å²) in [5, 5.41) is 0. The van der Waals surface area contributed by atoms with Gasteiger partial charge in [-0.15, -0.1) is 0 Å². The first-order valence-electron chi connectivity index (χ1n) is 8.06. The topological polar surface area (TPSA) is 90.4 Å². The van der Waals surface area contributed by atoms with Crippen LogP contribution in [0.1, 0.15) is 37.4 Å². The molecule has 0 aliphatic heterocycles. The first kappa shape index (κ1) is 17.1. The van der Waals surface area contributed by atoms with Crippen LogP contribution in [0.2, 0.25) is 0 Å². The van der Waals surface area contributed by atoms with E-state index in [1.165, 1.54) is 48.8 Å².